The molecule has 2 aromatic carbocycles. The largest absolute Gasteiger partial charge is 0.469 e. The number of methoxy groups -OCH3 is 1. The fraction of sp³-hybridized carbons (Fsp3) is 0.208. The van der Waals surface area contributed by atoms with Crippen LogP contribution in [0.2, 0.25) is 0 Å². The zero-order valence-corrected chi connectivity index (χ0v) is 17.8. The standard InChI is InChI=1S/C24H20N2O4S/c1-24-19(22(28)29-2)20(16-12-6-7-13-17(16)30-24)26-21(27)18(31-23(26)25-24)14-8-11-15-9-4-3-5-10-15/h3-14,19-20H,1-2H3/b11-8+,18-14-. The molecule has 0 N–H and O–H groups in total. The molecule has 0 amide bonds. The molecule has 0 fully saturated rings. The van der Waals surface area contributed by atoms with Crippen molar-refractivity contribution in [3.05, 3.63) is 91.5 Å². The minimum Gasteiger partial charge on any atom is -0.469 e. The molecule has 6 nitrogen and oxygen atoms in total. The molecule has 3 heterocycles. The van der Waals surface area contributed by atoms with Gasteiger partial charge in [-0.3, -0.25) is 14.2 Å². The molecule has 2 bridgehead atoms. The van der Waals surface area contributed by atoms with Gasteiger partial charge in [-0.1, -0.05) is 72.0 Å². The minimum atomic E-state index is -1.15. The Morgan fingerprint density at radius 1 is 1.19 bits per heavy atom. The van der Waals surface area contributed by atoms with E-state index in [1.54, 1.807) is 17.6 Å². The number of carbonyl (C=O) groups is 1. The Kier molecular flexibility index (Phi) is 4.63. The number of nitrogens with zero attached hydrogens (tertiary/aromatic N) is 2. The molecule has 5 rings (SSSR count). The van der Waals surface area contributed by atoms with E-state index in [-0.39, 0.29) is 5.56 Å². The van der Waals surface area contributed by atoms with Gasteiger partial charge in [0.25, 0.3) is 5.56 Å². The van der Waals surface area contributed by atoms with Crippen LogP contribution in [0.5, 0.6) is 5.75 Å². The van der Waals surface area contributed by atoms with Gasteiger partial charge in [0.1, 0.15) is 11.7 Å². The first-order valence-electron chi connectivity index (χ1n) is 9.92. The van der Waals surface area contributed by atoms with E-state index in [1.807, 2.05) is 66.7 Å². The van der Waals surface area contributed by atoms with Gasteiger partial charge in [0.2, 0.25) is 5.72 Å². The molecular weight excluding hydrogens is 412 g/mol. The van der Waals surface area contributed by atoms with Crippen LogP contribution in [-0.2, 0) is 9.53 Å². The summed E-state index contributed by atoms with van der Waals surface area (Å²) in [5.74, 6) is -0.596. The van der Waals surface area contributed by atoms with Crippen molar-refractivity contribution in [2.75, 3.05) is 7.11 Å². The molecule has 0 saturated heterocycles. The van der Waals surface area contributed by atoms with Gasteiger partial charge in [-0.15, -0.1) is 0 Å². The number of thiazole rings is 1. The number of fused-ring (bicyclic) bond motifs is 6. The predicted molar refractivity (Wildman–Crippen MR) is 118 cm³/mol. The van der Waals surface area contributed by atoms with Gasteiger partial charge in [-0.05, 0) is 24.6 Å². The molecule has 2 aliphatic heterocycles. The van der Waals surface area contributed by atoms with Crippen LogP contribution >= 0.6 is 11.3 Å². The predicted octanol–water partition coefficient (Wildman–Crippen LogP) is 2.52. The molecule has 3 aromatic rings. The first kappa shape index (κ1) is 19.5. The Labute approximate surface area is 182 Å². The first-order valence-corrected chi connectivity index (χ1v) is 10.7. The van der Waals surface area contributed by atoms with Gasteiger partial charge >= 0.3 is 5.97 Å². The Bertz CT molecular complexity index is 1370. The van der Waals surface area contributed by atoms with Crippen LogP contribution in [0, 0.1) is 5.92 Å². The van der Waals surface area contributed by atoms with Crippen LogP contribution < -0.4 is 19.6 Å². The normalized spacial score (nSPS) is 24.1. The maximum absolute atomic E-state index is 13.4. The Morgan fingerprint density at radius 3 is 2.71 bits per heavy atom. The maximum Gasteiger partial charge on any atom is 0.317 e. The summed E-state index contributed by atoms with van der Waals surface area (Å²) >= 11 is 1.29. The van der Waals surface area contributed by atoms with Gasteiger partial charge < -0.3 is 9.47 Å². The fourth-order valence-corrected chi connectivity index (χ4v) is 5.31. The lowest BCUT2D eigenvalue weighted by Gasteiger charge is -2.44. The number of aromatic nitrogens is 1. The second-order valence-electron chi connectivity index (χ2n) is 7.61. The average Bonchev–Trinajstić information content (AvgIpc) is 3.07. The Morgan fingerprint density at radius 2 is 1.94 bits per heavy atom. The van der Waals surface area contributed by atoms with Crippen molar-refractivity contribution >= 4 is 29.5 Å². The lowest BCUT2D eigenvalue weighted by molar-refractivity contribution is -0.158. The second kappa shape index (κ2) is 7.35. The number of allylic oxidation sites excluding steroid dienone is 1. The van der Waals surface area contributed by atoms with Crippen LogP contribution in [-0.4, -0.2) is 23.4 Å². The van der Waals surface area contributed by atoms with Crippen molar-refractivity contribution in [1.29, 1.82) is 0 Å². The van der Waals surface area contributed by atoms with Crippen LogP contribution in [0.1, 0.15) is 24.1 Å². The summed E-state index contributed by atoms with van der Waals surface area (Å²) < 4.78 is 13.4. The maximum atomic E-state index is 13.4. The molecule has 0 spiro atoms. The number of ether oxygens (including phenoxy) is 2. The summed E-state index contributed by atoms with van der Waals surface area (Å²) in [6.45, 7) is 1.77. The summed E-state index contributed by atoms with van der Waals surface area (Å²) in [5, 5.41) is 0. The molecular formula is C24H20N2O4S. The van der Waals surface area contributed by atoms with Gasteiger partial charge in [0, 0.05) is 5.56 Å². The molecule has 31 heavy (non-hydrogen) atoms. The van der Waals surface area contributed by atoms with E-state index < -0.39 is 23.7 Å². The highest BCUT2D eigenvalue weighted by Crippen LogP contribution is 2.47. The van der Waals surface area contributed by atoms with Crippen LogP contribution in [0.15, 0.2) is 70.5 Å². The van der Waals surface area contributed by atoms with Crippen LogP contribution in [0.4, 0.5) is 0 Å². The van der Waals surface area contributed by atoms with Gasteiger partial charge in [-0.25, -0.2) is 4.99 Å². The van der Waals surface area contributed by atoms with Crippen molar-refractivity contribution in [2.45, 2.75) is 18.7 Å². The molecule has 156 valence electrons. The van der Waals surface area contributed by atoms with E-state index >= 15 is 0 Å². The lowest BCUT2D eigenvalue weighted by Crippen LogP contribution is -2.58. The van der Waals surface area contributed by atoms with E-state index in [1.165, 1.54) is 18.4 Å². The Balaban J connectivity index is 1.69. The smallest absolute Gasteiger partial charge is 0.317 e. The summed E-state index contributed by atoms with van der Waals surface area (Å²) in [7, 11) is 1.34. The van der Waals surface area contributed by atoms with Crippen molar-refractivity contribution in [2.24, 2.45) is 10.9 Å². The van der Waals surface area contributed by atoms with Gasteiger partial charge in [0.05, 0.1) is 17.7 Å². The second-order valence-corrected chi connectivity index (χ2v) is 8.62. The third kappa shape index (κ3) is 3.13. The number of esters is 1. The highest BCUT2D eigenvalue weighted by molar-refractivity contribution is 7.07. The van der Waals surface area contributed by atoms with Crippen molar-refractivity contribution < 1.29 is 14.3 Å². The minimum absolute atomic E-state index is 0.181. The van der Waals surface area contributed by atoms with Crippen molar-refractivity contribution in [3.63, 3.8) is 0 Å². The van der Waals surface area contributed by atoms with E-state index in [9.17, 15) is 9.59 Å². The van der Waals surface area contributed by atoms with E-state index in [2.05, 4.69) is 0 Å². The molecule has 1 aromatic heterocycles. The zero-order valence-electron chi connectivity index (χ0n) is 17.0. The Hall–Kier alpha value is -3.45. The third-order valence-electron chi connectivity index (χ3n) is 5.67. The summed E-state index contributed by atoms with van der Waals surface area (Å²) in [4.78, 5) is 31.4. The molecule has 0 radical (unpaired) electrons. The first-order chi connectivity index (χ1) is 15.0. The third-order valence-corrected chi connectivity index (χ3v) is 6.67. The zero-order chi connectivity index (χ0) is 21.6. The number of para-hydroxylation sites is 1. The fourth-order valence-electron chi connectivity index (χ4n) is 4.26. The number of hydrogen-bond acceptors (Lipinski definition) is 6. The van der Waals surface area contributed by atoms with Gasteiger partial charge in [-0.2, -0.15) is 0 Å². The van der Waals surface area contributed by atoms with Gasteiger partial charge in [0.15, 0.2) is 4.80 Å². The summed E-state index contributed by atoms with van der Waals surface area (Å²) in [6.07, 6.45) is 5.58. The summed E-state index contributed by atoms with van der Waals surface area (Å²) in [5.41, 5.74) is 0.485. The number of rotatable bonds is 3. The molecule has 3 atom stereocenters. The average molecular weight is 433 g/mol. The topological polar surface area (TPSA) is 69.9 Å². The molecule has 3 unspecified atom stereocenters. The molecule has 7 heteroatoms. The van der Waals surface area contributed by atoms with Crippen LogP contribution in [0.3, 0.4) is 0 Å². The molecule has 0 aliphatic carbocycles. The number of benzene rings is 2. The number of hydrogen-bond donors (Lipinski definition) is 0. The molecule has 2 aliphatic rings. The lowest BCUT2D eigenvalue weighted by atomic mass is 9.81. The van der Waals surface area contributed by atoms with Crippen LogP contribution in [0.25, 0.3) is 12.2 Å². The molecule has 0 saturated carbocycles. The highest BCUT2D eigenvalue weighted by atomic mass is 32.1. The van der Waals surface area contributed by atoms with E-state index in [0.717, 1.165) is 11.1 Å². The monoisotopic (exact) mass is 432 g/mol. The van der Waals surface area contributed by atoms with Crippen molar-refractivity contribution in [3.8, 4) is 5.75 Å². The van der Waals surface area contributed by atoms with Crippen molar-refractivity contribution in [1.82, 2.24) is 4.57 Å². The SMILES string of the molecule is COC(=O)C1C2c3ccccc3OC1(C)N=c1s/c(=C\C=C\c3ccccc3)c(=O)n12. The highest BCUT2D eigenvalue weighted by Gasteiger charge is 2.55. The number of carbonyl (C=O) groups excluding carboxylic acids is 1. The van der Waals surface area contributed by atoms with E-state index in [4.69, 9.17) is 14.5 Å². The van der Waals surface area contributed by atoms with E-state index in [0.29, 0.717) is 15.1 Å². The quantitative estimate of drug-likeness (QED) is 0.597. The summed E-state index contributed by atoms with van der Waals surface area (Å²) in [6, 6.07) is 16.8.